The number of aryl methyl sites for hydroxylation is 3. The molecule has 152 valence electrons. The van der Waals surface area contributed by atoms with Crippen molar-refractivity contribution in [3.8, 4) is 11.3 Å². The van der Waals surface area contributed by atoms with Crippen LogP contribution in [0, 0.1) is 13.8 Å². The number of para-hydroxylation sites is 1. The number of anilines is 1. The van der Waals surface area contributed by atoms with Crippen molar-refractivity contribution in [2.75, 3.05) is 5.32 Å². The molecule has 0 spiro atoms. The number of amides is 1. The van der Waals surface area contributed by atoms with Crippen molar-refractivity contribution in [3.63, 3.8) is 0 Å². The molecule has 0 fully saturated rings. The molecule has 4 aromatic rings. The van der Waals surface area contributed by atoms with Crippen LogP contribution >= 0.6 is 0 Å². The van der Waals surface area contributed by atoms with Gasteiger partial charge in [-0.2, -0.15) is 10.2 Å². The lowest BCUT2D eigenvalue weighted by Crippen LogP contribution is -2.30. The second-order valence-corrected chi connectivity index (χ2v) is 7.33. The van der Waals surface area contributed by atoms with Gasteiger partial charge in [-0.25, -0.2) is 9.20 Å². The maximum Gasteiger partial charge on any atom is 0.293 e. The van der Waals surface area contributed by atoms with Crippen LogP contribution in [-0.4, -0.2) is 25.3 Å². The third-order valence-electron chi connectivity index (χ3n) is 5.12. The first-order valence-electron chi connectivity index (χ1n) is 9.87. The summed E-state index contributed by atoms with van der Waals surface area (Å²) in [6.07, 6.45) is 2.26. The Morgan fingerprint density at radius 1 is 1.10 bits per heavy atom. The van der Waals surface area contributed by atoms with Crippen LogP contribution in [0.25, 0.3) is 16.8 Å². The lowest BCUT2D eigenvalue weighted by molar-refractivity contribution is -0.117. The summed E-state index contributed by atoms with van der Waals surface area (Å²) in [5, 5.41) is 11.5. The molecule has 0 unspecified atom stereocenters. The molecular weight excluding hydrogens is 378 g/mol. The fourth-order valence-electron chi connectivity index (χ4n) is 3.47. The number of carbonyl (C=O) groups excluding carboxylic acids is 1. The van der Waals surface area contributed by atoms with Crippen LogP contribution < -0.4 is 10.9 Å². The van der Waals surface area contributed by atoms with Crippen LogP contribution in [0.5, 0.6) is 0 Å². The molecule has 0 aliphatic heterocycles. The summed E-state index contributed by atoms with van der Waals surface area (Å²) in [6.45, 7) is 5.88. The van der Waals surface area contributed by atoms with Gasteiger partial charge in [-0.1, -0.05) is 42.8 Å². The highest BCUT2D eigenvalue weighted by Gasteiger charge is 2.14. The number of nitrogens with zero attached hydrogens (tertiary/aromatic N) is 4. The lowest BCUT2D eigenvalue weighted by atomic mass is 10.0. The molecule has 2 heterocycles. The number of benzene rings is 2. The van der Waals surface area contributed by atoms with Crippen LogP contribution in [0.1, 0.15) is 23.6 Å². The van der Waals surface area contributed by atoms with E-state index in [1.54, 1.807) is 6.07 Å². The van der Waals surface area contributed by atoms with Crippen LogP contribution in [0.4, 0.5) is 5.69 Å². The quantitative estimate of drug-likeness (QED) is 0.556. The van der Waals surface area contributed by atoms with Gasteiger partial charge in [0.1, 0.15) is 18.4 Å². The van der Waals surface area contributed by atoms with Gasteiger partial charge in [0, 0.05) is 11.3 Å². The first-order chi connectivity index (χ1) is 14.5. The van der Waals surface area contributed by atoms with Crippen LogP contribution in [0.15, 0.2) is 59.7 Å². The van der Waals surface area contributed by atoms with Crippen molar-refractivity contribution in [2.24, 2.45) is 0 Å². The fraction of sp³-hybridized carbons (Fsp3) is 0.217. The molecule has 30 heavy (non-hydrogen) atoms. The Kier molecular flexibility index (Phi) is 5.18. The highest BCUT2D eigenvalue weighted by molar-refractivity contribution is 5.91. The monoisotopic (exact) mass is 401 g/mol. The van der Waals surface area contributed by atoms with Gasteiger partial charge in [0.05, 0.1) is 5.69 Å². The largest absolute Gasteiger partial charge is 0.324 e. The molecule has 2 aromatic carbocycles. The molecule has 0 aliphatic rings. The number of fused-ring (bicyclic) bond motifs is 1. The second-order valence-electron chi connectivity index (χ2n) is 7.33. The lowest BCUT2D eigenvalue weighted by Gasteiger charge is -2.10. The Hall–Kier alpha value is -3.74. The Bertz CT molecular complexity index is 1300. The first kappa shape index (κ1) is 19.6. The SMILES string of the molecule is CCc1ccccc1NC(=O)Cn1ncn2nc(-c3cc(C)ccc3C)cc2c1=O. The topological polar surface area (TPSA) is 81.3 Å². The average Bonchev–Trinajstić information content (AvgIpc) is 3.17. The number of aromatic nitrogens is 4. The van der Waals surface area contributed by atoms with Gasteiger partial charge in [-0.15, -0.1) is 0 Å². The summed E-state index contributed by atoms with van der Waals surface area (Å²) in [6, 6.07) is 15.5. The number of carbonyl (C=O) groups is 1. The van der Waals surface area contributed by atoms with Crippen molar-refractivity contribution >= 4 is 17.1 Å². The van der Waals surface area contributed by atoms with Crippen molar-refractivity contribution in [2.45, 2.75) is 33.7 Å². The predicted molar refractivity (Wildman–Crippen MR) is 117 cm³/mol. The molecule has 0 bridgehead atoms. The minimum absolute atomic E-state index is 0.169. The van der Waals surface area contributed by atoms with Gasteiger partial charge in [-0.05, 0) is 49.6 Å². The van der Waals surface area contributed by atoms with Crippen molar-refractivity contribution < 1.29 is 4.79 Å². The van der Waals surface area contributed by atoms with Crippen molar-refractivity contribution in [3.05, 3.63) is 81.9 Å². The minimum Gasteiger partial charge on any atom is -0.324 e. The van der Waals surface area contributed by atoms with Gasteiger partial charge in [-0.3, -0.25) is 9.59 Å². The minimum atomic E-state index is -0.361. The third kappa shape index (κ3) is 3.74. The third-order valence-corrected chi connectivity index (χ3v) is 5.12. The Balaban J connectivity index is 1.63. The Morgan fingerprint density at radius 3 is 2.70 bits per heavy atom. The van der Waals surface area contributed by atoms with Crippen LogP contribution in [0.3, 0.4) is 0 Å². The summed E-state index contributed by atoms with van der Waals surface area (Å²) < 4.78 is 2.62. The van der Waals surface area contributed by atoms with Crippen LogP contribution in [0.2, 0.25) is 0 Å². The Morgan fingerprint density at radius 2 is 1.90 bits per heavy atom. The van der Waals surface area contributed by atoms with Gasteiger partial charge in [0.25, 0.3) is 5.56 Å². The molecule has 7 nitrogen and oxygen atoms in total. The van der Waals surface area contributed by atoms with E-state index in [1.807, 2.05) is 63.2 Å². The smallest absolute Gasteiger partial charge is 0.293 e. The zero-order valence-corrected chi connectivity index (χ0v) is 17.2. The second kappa shape index (κ2) is 7.94. The molecule has 7 heteroatoms. The van der Waals surface area contributed by atoms with E-state index in [9.17, 15) is 9.59 Å². The average molecular weight is 401 g/mol. The maximum atomic E-state index is 12.9. The van der Waals surface area contributed by atoms with Crippen molar-refractivity contribution in [1.29, 1.82) is 0 Å². The molecule has 0 aliphatic carbocycles. The maximum absolute atomic E-state index is 12.9. The normalized spacial score (nSPS) is 11.0. The van der Waals surface area contributed by atoms with E-state index >= 15 is 0 Å². The van der Waals surface area contributed by atoms with E-state index < -0.39 is 0 Å². The first-order valence-corrected chi connectivity index (χ1v) is 9.87. The predicted octanol–water partition coefficient (Wildman–Crippen LogP) is 3.38. The van der Waals surface area contributed by atoms with Crippen molar-refractivity contribution in [1.82, 2.24) is 19.4 Å². The molecule has 0 saturated heterocycles. The molecule has 4 rings (SSSR count). The summed E-state index contributed by atoms with van der Waals surface area (Å²) in [7, 11) is 0. The van der Waals surface area contributed by atoms with Gasteiger partial charge < -0.3 is 5.32 Å². The van der Waals surface area contributed by atoms with E-state index in [4.69, 9.17) is 0 Å². The molecule has 1 N–H and O–H groups in total. The standard InChI is InChI=1S/C23H23N5O2/c1-4-17-7-5-6-8-19(17)25-22(29)13-27-23(30)21-12-20(26-28(21)14-24-27)18-11-15(2)9-10-16(18)3/h5-12,14H,4,13H2,1-3H3,(H,25,29). The number of nitrogens with one attached hydrogen (secondary N) is 1. The van der Waals surface area contributed by atoms with E-state index in [1.165, 1.54) is 10.8 Å². The molecule has 0 saturated carbocycles. The van der Waals surface area contributed by atoms with E-state index in [0.717, 1.165) is 39.0 Å². The molecule has 0 atom stereocenters. The highest BCUT2D eigenvalue weighted by Crippen LogP contribution is 2.23. The molecule has 2 aromatic heterocycles. The number of hydrogen-bond donors (Lipinski definition) is 1. The Labute approximate surface area is 174 Å². The van der Waals surface area contributed by atoms with E-state index in [2.05, 4.69) is 15.5 Å². The van der Waals surface area contributed by atoms with E-state index in [0.29, 0.717) is 11.2 Å². The van der Waals surface area contributed by atoms with E-state index in [-0.39, 0.29) is 18.0 Å². The molecular formula is C23H23N5O2. The van der Waals surface area contributed by atoms with Gasteiger partial charge in [0.2, 0.25) is 5.91 Å². The number of rotatable bonds is 5. The summed E-state index contributed by atoms with van der Waals surface area (Å²) in [4.78, 5) is 25.4. The fourth-order valence-corrected chi connectivity index (χ4v) is 3.47. The van der Waals surface area contributed by atoms with Crippen LogP contribution in [-0.2, 0) is 17.8 Å². The molecule has 1 amide bonds. The summed E-state index contributed by atoms with van der Waals surface area (Å²) >= 11 is 0. The summed E-state index contributed by atoms with van der Waals surface area (Å²) in [5.41, 5.74) is 5.67. The van der Waals surface area contributed by atoms with Gasteiger partial charge in [0.15, 0.2) is 0 Å². The number of hydrogen-bond acceptors (Lipinski definition) is 4. The van der Waals surface area contributed by atoms with Gasteiger partial charge >= 0.3 is 0 Å². The molecule has 0 radical (unpaired) electrons. The summed E-state index contributed by atoms with van der Waals surface area (Å²) in [5.74, 6) is -0.302. The zero-order valence-electron chi connectivity index (χ0n) is 17.2. The zero-order chi connectivity index (χ0) is 21.3. The highest BCUT2D eigenvalue weighted by atomic mass is 16.2.